The van der Waals surface area contributed by atoms with Gasteiger partial charge in [-0.1, -0.05) is 78.9 Å². The van der Waals surface area contributed by atoms with Crippen molar-refractivity contribution in [1.82, 2.24) is 0 Å². The molecule has 20 heavy (non-hydrogen) atoms. The van der Waals surface area contributed by atoms with Crippen LogP contribution in [0.5, 0.6) is 0 Å². The normalized spacial score (nSPS) is 21.7. The molecule has 1 unspecified atom stereocenters. The maximum absolute atomic E-state index is 11.7. The van der Waals surface area contributed by atoms with Gasteiger partial charge < -0.3 is 0 Å². The van der Waals surface area contributed by atoms with Crippen LogP contribution in [-0.2, 0) is 10.2 Å². The molecule has 1 nitrogen and oxygen atoms in total. The van der Waals surface area contributed by atoms with E-state index in [-0.39, 0.29) is 11.2 Å². The molecule has 0 aromatic heterocycles. The number of benzene rings is 2. The fourth-order valence-electron chi connectivity index (χ4n) is 2.61. The average molecular weight is 260 g/mol. The van der Waals surface area contributed by atoms with Gasteiger partial charge in [0.05, 0.1) is 0 Å². The van der Waals surface area contributed by atoms with Crippen LogP contribution in [0.2, 0.25) is 0 Å². The minimum atomic E-state index is -0.297. The van der Waals surface area contributed by atoms with E-state index in [9.17, 15) is 4.79 Å². The molecule has 0 amide bonds. The smallest absolute Gasteiger partial charge is 0.156 e. The van der Waals surface area contributed by atoms with Gasteiger partial charge in [-0.2, -0.15) is 0 Å². The van der Waals surface area contributed by atoms with Crippen molar-refractivity contribution in [3.05, 3.63) is 90.0 Å². The Morgan fingerprint density at radius 2 is 1.55 bits per heavy atom. The van der Waals surface area contributed by atoms with E-state index >= 15 is 0 Å². The second-order valence-electron chi connectivity index (χ2n) is 5.13. The summed E-state index contributed by atoms with van der Waals surface area (Å²) in [4.78, 5) is 11.7. The van der Waals surface area contributed by atoms with Gasteiger partial charge in [-0.25, -0.2) is 0 Å². The highest BCUT2D eigenvalue weighted by atomic mass is 16.1. The zero-order valence-corrected chi connectivity index (χ0v) is 11.2. The molecule has 0 radical (unpaired) electrons. The van der Waals surface area contributed by atoms with Crippen LogP contribution in [-0.4, -0.2) is 5.78 Å². The lowest BCUT2D eigenvalue weighted by Crippen LogP contribution is -2.19. The van der Waals surface area contributed by atoms with E-state index < -0.39 is 0 Å². The summed E-state index contributed by atoms with van der Waals surface area (Å²) in [6.07, 6.45) is 8.46. The van der Waals surface area contributed by atoms with Gasteiger partial charge in [0, 0.05) is 11.8 Å². The molecule has 1 atom stereocenters. The molecular formula is C19H16O. The third kappa shape index (κ3) is 2.48. The second-order valence-corrected chi connectivity index (χ2v) is 5.13. The zero-order valence-electron chi connectivity index (χ0n) is 11.2. The molecule has 98 valence electrons. The van der Waals surface area contributed by atoms with Crippen LogP contribution in [0.1, 0.15) is 17.5 Å². The molecule has 1 aliphatic rings. The molecule has 0 N–H and O–H groups in total. The van der Waals surface area contributed by atoms with Crippen LogP contribution >= 0.6 is 0 Å². The van der Waals surface area contributed by atoms with Crippen molar-refractivity contribution in [2.24, 2.45) is 0 Å². The van der Waals surface area contributed by atoms with E-state index in [2.05, 4.69) is 36.4 Å². The van der Waals surface area contributed by atoms with E-state index in [1.807, 2.05) is 42.5 Å². The van der Waals surface area contributed by atoms with Gasteiger partial charge in [0.2, 0.25) is 0 Å². The summed E-state index contributed by atoms with van der Waals surface area (Å²) in [6.45, 7) is 0. The van der Waals surface area contributed by atoms with Gasteiger partial charge in [0.1, 0.15) is 0 Å². The standard InChI is InChI=1S/C19H16O/c20-18-12-14-19(15-18,17-9-5-2-6-10-17)13-11-16-7-3-1-4-8-16/h1-14H,15H2/b13-11+. The van der Waals surface area contributed by atoms with Crippen molar-refractivity contribution in [1.29, 1.82) is 0 Å². The highest BCUT2D eigenvalue weighted by Gasteiger charge is 2.32. The molecule has 0 aliphatic heterocycles. The van der Waals surface area contributed by atoms with Crippen molar-refractivity contribution in [2.75, 3.05) is 0 Å². The Balaban J connectivity index is 1.98. The van der Waals surface area contributed by atoms with Crippen molar-refractivity contribution in [3.63, 3.8) is 0 Å². The molecule has 0 saturated heterocycles. The predicted octanol–water partition coefficient (Wildman–Crippen LogP) is 4.17. The van der Waals surface area contributed by atoms with Crippen LogP contribution in [0.4, 0.5) is 0 Å². The minimum absolute atomic E-state index is 0.187. The number of carbonyl (C=O) groups excluding carboxylic acids is 1. The van der Waals surface area contributed by atoms with E-state index in [1.54, 1.807) is 6.08 Å². The third-order valence-electron chi connectivity index (χ3n) is 3.72. The van der Waals surface area contributed by atoms with E-state index in [0.717, 1.165) is 11.1 Å². The molecule has 3 rings (SSSR count). The van der Waals surface area contributed by atoms with Gasteiger partial charge in [0.15, 0.2) is 5.78 Å². The molecule has 0 bridgehead atoms. The number of hydrogen-bond donors (Lipinski definition) is 0. The molecule has 1 heteroatoms. The number of allylic oxidation sites excluding steroid dienone is 3. The first-order chi connectivity index (χ1) is 9.78. The van der Waals surface area contributed by atoms with E-state index in [1.165, 1.54) is 0 Å². The van der Waals surface area contributed by atoms with Crippen LogP contribution in [0, 0.1) is 0 Å². The Morgan fingerprint density at radius 1 is 0.900 bits per heavy atom. The predicted molar refractivity (Wildman–Crippen MR) is 82.4 cm³/mol. The van der Waals surface area contributed by atoms with Gasteiger partial charge in [-0.3, -0.25) is 4.79 Å². The summed E-state index contributed by atoms with van der Waals surface area (Å²) in [5.41, 5.74) is 2.01. The number of rotatable bonds is 3. The Kier molecular flexibility index (Phi) is 3.34. The lowest BCUT2D eigenvalue weighted by Gasteiger charge is -2.23. The highest BCUT2D eigenvalue weighted by Crippen LogP contribution is 2.36. The number of hydrogen-bond acceptors (Lipinski definition) is 1. The third-order valence-corrected chi connectivity index (χ3v) is 3.72. The maximum atomic E-state index is 11.7. The summed E-state index contributed by atoms with van der Waals surface area (Å²) in [6, 6.07) is 20.4. The largest absolute Gasteiger partial charge is 0.295 e. The van der Waals surface area contributed by atoms with Crippen molar-refractivity contribution in [2.45, 2.75) is 11.8 Å². The fraction of sp³-hybridized carbons (Fsp3) is 0.105. The number of carbonyl (C=O) groups is 1. The first-order valence-electron chi connectivity index (χ1n) is 6.80. The van der Waals surface area contributed by atoms with Gasteiger partial charge in [0.25, 0.3) is 0 Å². The van der Waals surface area contributed by atoms with Crippen molar-refractivity contribution >= 4 is 11.9 Å². The Morgan fingerprint density at radius 3 is 2.15 bits per heavy atom. The summed E-state index contributed by atoms with van der Waals surface area (Å²) >= 11 is 0. The van der Waals surface area contributed by atoms with Crippen LogP contribution < -0.4 is 0 Å². The van der Waals surface area contributed by atoms with Crippen LogP contribution in [0.15, 0.2) is 78.9 Å². The Labute approximate surface area is 119 Å². The van der Waals surface area contributed by atoms with Gasteiger partial charge in [-0.05, 0) is 17.2 Å². The fourth-order valence-corrected chi connectivity index (χ4v) is 2.61. The van der Waals surface area contributed by atoms with E-state index in [0.29, 0.717) is 6.42 Å². The zero-order chi connectivity index (χ0) is 13.8. The Bertz CT molecular complexity index is 653. The summed E-state index contributed by atoms with van der Waals surface area (Å²) < 4.78 is 0. The Hall–Kier alpha value is -2.41. The molecule has 0 saturated carbocycles. The van der Waals surface area contributed by atoms with Gasteiger partial charge >= 0.3 is 0 Å². The van der Waals surface area contributed by atoms with Crippen molar-refractivity contribution in [3.8, 4) is 0 Å². The molecule has 0 spiro atoms. The molecule has 2 aromatic carbocycles. The number of ketones is 1. The molecule has 2 aromatic rings. The van der Waals surface area contributed by atoms with Gasteiger partial charge in [-0.15, -0.1) is 0 Å². The molecular weight excluding hydrogens is 244 g/mol. The monoisotopic (exact) mass is 260 g/mol. The first-order valence-corrected chi connectivity index (χ1v) is 6.80. The van der Waals surface area contributed by atoms with Crippen molar-refractivity contribution < 1.29 is 4.79 Å². The van der Waals surface area contributed by atoms with Crippen LogP contribution in [0.3, 0.4) is 0 Å². The maximum Gasteiger partial charge on any atom is 0.156 e. The minimum Gasteiger partial charge on any atom is -0.295 e. The molecule has 0 heterocycles. The lowest BCUT2D eigenvalue weighted by molar-refractivity contribution is -0.114. The molecule has 0 fully saturated rings. The lowest BCUT2D eigenvalue weighted by atomic mass is 9.79. The summed E-state index contributed by atoms with van der Waals surface area (Å²) in [5, 5.41) is 0. The SMILES string of the molecule is O=C1C=CC(/C=C/c2ccccc2)(c2ccccc2)C1. The highest BCUT2D eigenvalue weighted by molar-refractivity contribution is 5.95. The van der Waals surface area contributed by atoms with E-state index in [4.69, 9.17) is 0 Å². The van der Waals surface area contributed by atoms with Crippen LogP contribution in [0.25, 0.3) is 6.08 Å². The summed E-state index contributed by atoms with van der Waals surface area (Å²) in [5.74, 6) is 0.187. The first kappa shape index (κ1) is 12.6. The molecule has 1 aliphatic carbocycles. The topological polar surface area (TPSA) is 17.1 Å². The summed E-state index contributed by atoms with van der Waals surface area (Å²) in [7, 11) is 0. The second kappa shape index (κ2) is 5.30. The average Bonchev–Trinajstić information content (AvgIpc) is 2.90. The quantitative estimate of drug-likeness (QED) is 0.809.